The minimum absolute atomic E-state index is 0. The van der Waals surface area contributed by atoms with E-state index in [1.54, 1.807) is 6.20 Å². The summed E-state index contributed by atoms with van der Waals surface area (Å²) < 4.78 is 81.5. The number of amides is 1. The van der Waals surface area contributed by atoms with Crippen LogP contribution in [-0.2, 0) is 31.7 Å². The number of alkyl halides is 6. The molecule has 2 aliphatic rings. The normalized spacial score (nSPS) is 17.3. The van der Waals surface area contributed by atoms with Crippen molar-refractivity contribution in [3.05, 3.63) is 101 Å². The minimum Gasteiger partial charge on any atom is -0.361 e. The number of carbonyl (C=O) groups is 1. The van der Waals surface area contributed by atoms with Gasteiger partial charge in [0.15, 0.2) is 0 Å². The molecule has 1 fully saturated rings. The quantitative estimate of drug-likeness (QED) is 0.212. The molecule has 6 nitrogen and oxygen atoms in total. The summed E-state index contributed by atoms with van der Waals surface area (Å²) in [5.74, 6) is -0.841. The number of hydrogen-bond donors (Lipinski definition) is 1. The van der Waals surface area contributed by atoms with E-state index in [-0.39, 0.29) is 49.8 Å². The fourth-order valence-electron chi connectivity index (χ4n) is 6.26. The van der Waals surface area contributed by atoms with Crippen LogP contribution in [0, 0.1) is 0 Å². The Hall–Kier alpha value is -3.03. The molecule has 6 rings (SSSR count). The number of nitrogens with one attached hydrogen (secondary N) is 1. The Labute approximate surface area is 286 Å². The molecule has 0 spiro atoms. The molecule has 1 atom stereocenters. The maximum absolute atomic E-state index is 13.7. The molecule has 0 unspecified atom stereocenters. The second kappa shape index (κ2) is 15.5. The summed E-state index contributed by atoms with van der Waals surface area (Å²) in [5.41, 5.74) is 0.515. The number of H-pyrrole nitrogens is 1. The van der Waals surface area contributed by atoms with Crippen molar-refractivity contribution in [2.75, 3.05) is 39.3 Å². The molecule has 47 heavy (non-hydrogen) atoms. The van der Waals surface area contributed by atoms with Crippen molar-refractivity contribution in [2.45, 2.75) is 37.8 Å². The first-order valence-electron chi connectivity index (χ1n) is 14.5. The molecule has 0 aliphatic carbocycles. The van der Waals surface area contributed by atoms with Gasteiger partial charge < -0.3 is 9.88 Å². The van der Waals surface area contributed by atoms with Crippen molar-refractivity contribution in [1.29, 1.82) is 0 Å². The molecule has 4 aromatic rings. The van der Waals surface area contributed by atoms with Crippen molar-refractivity contribution in [1.82, 2.24) is 24.7 Å². The summed E-state index contributed by atoms with van der Waals surface area (Å²) in [6.07, 6.45) is -5.19. The molecule has 256 valence electrons. The SMILES string of the molecule is Cl.Cl.Cl.O=C(c1cc(C(F)(F)F)cc(C(F)(F)F)c1)N1CCN(CCN2CCc3ncccc3C2)C[C@H]1Cc1c[nH]c2ccccc12. The third kappa shape index (κ3) is 8.72. The number of hydrogen-bond acceptors (Lipinski definition) is 4. The molecule has 0 radical (unpaired) electrons. The van der Waals surface area contributed by atoms with E-state index in [9.17, 15) is 31.1 Å². The molecule has 0 saturated carbocycles. The topological polar surface area (TPSA) is 55.5 Å². The third-order valence-electron chi connectivity index (χ3n) is 8.57. The molecule has 1 N–H and O–H groups in total. The highest BCUT2D eigenvalue weighted by molar-refractivity contribution is 5.95. The molecular weight excluding hydrogens is 691 g/mol. The number of halogens is 9. The Balaban J connectivity index is 0.00000200. The Bertz CT molecular complexity index is 1630. The summed E-state index contributed by atoms with van der Waals surface area (Å²) in [6.45, 7) is 4.22. The van der Waals surface area contributed by atoms with E-state index >= 15 is 0 Å². The Morgan fingerprint density at radius 1 is 0.851 bits per heavy atom. The smallest absolute Gasteiger partial charge is 0.361 e. The van der Waals surface area contributed by atoms with Crippen molar-refractivity contribution < 1.29 is 31.1 Å². The maximum Gasteiger partial charge on any atom is 0.416 e. The van der Waals surface area contributed by atoms with Gasteiger partial charge in [0.1, 0.15) is 0 Å². The number of aromatic amines is 1. The van der Waals surface area contributed by atoms with Crippen LogP contribution in [0.3, 0.4) is 0 Å². The van der Waals surface area contributed by atoms with Gasteiger partial charge in [-0.1, -0.05) is 24.3 Å². The Morgan fingerprint density at radius 3 is 2.23 bits per heavy atom. The summed E-state index contributed by atoms with van der Waals surface area (Å²) in [4.78, 5) is 27.4. The van der Waals surface area contributed by atoms with Crippen molar-refractivity contribution in [3.63, 3.8) is 0 Å². The first-order valence-corrected chi connectivity index (χ1v) is 14.5. The van der Waals surface area contributed by atoms with Crippen molar-refractivity contribution in [3.8, 4) is 0 Å². The zero-order chi connectivity index (χ0) is 31.1. The molecule has 2 aromatic heterocycles. The van der Waals surface area contributed by atoms with E-state index < -0.39 is 41.0 Å². The fraction of sp³-hybridized carbons (Fsp3) is 0.375. The van der Waals surface area contributed by atoms with Gasteiger partial charge in [-0.3, -0.25) is 19.6 Å². The Morgan fingerprint density at radius 2 is 1.53 bits per heavy atom. The largest absolute Gasteiger partial charge is 0.416 e. The minimum atomic E-state index is -5.04. The highest BCUT2D eigenvalue weighted by Crippen LogP contribution is 2.37. The van der Waals surface area contributed by atoms with Crippen molar-refractivity contribution in [2.24, 2.45) is 0 Å². The molecule has 4 heterocycles. The van der Waals surface area contributed by atoms with Gasteiger partial charge in [0.25, 0.3) is 5.91 Å². The van der Waals surface area contributed by atoms with E-state index in [1.165, 1.54) is 10.5 Å². The summed E-state index contributed by atoms with van der Waals surface area (Å²) >= 11 is 0. The molecule has 2 aliphatic heterocycles. The molecule has 1 saturated heterocycles. The van der Waals surface area contributed by atoms with E-state index in [2.05, 4.69) is 25.8 Å². The molecule has 15 heteroatoms. The van der Waals surface area contributed by atoms with Gasteiger partial charge in [0, 0.05) is 92.8 Å². The monoisotopic (exact) mass is 723 g/mol. The summed E-state index contributed by atoms with van der Waals surface area (Å²) in [6, 6.07) is 12.3. The zero-order valence-electron chi connectivity index (χ0n) is 25.0. The first kappa shape index (κ1) is 38.4. The van der Waals surface area contributed by atoms with Crippen LogP contribution in [0.15, 0.2) is 67.0 Å². The number of para-hydroxylation sites is 1. The fourth-order valence-corrected chi connectivity index (χ4v) is 6.26. The third-order valence-corrected chi connectivity index (χ3v) is 8.57. The molecule has 2 aromatic carbocycles. The maximum atomic E-state index is 13.7. The van der Waals surface area contributed by atoms with Gasteiger partial charge >= 0.3 is 12.4 Å². The van der Waals surface area contributed by atoms with Crippen LogP contribution < -0.4 is 0 Å². The number of pyridine rings is 1. The lowest BCUT2D eigenvalue weighted by Gasteiger charge is -2.42. The van der Waals surface area contributed by atoms with E-state index in [4.69, 9.17) is 0 Å². The number of piperazine rings is 1. The van der Waals surface area contributed by atoms with Crippen LogP contribution in [0.1, 0.15) is 38.3 Å². The summed E-state index contributed by atoms with van der Waals surface area (Å²) in [7, 11) is 0. The van der Waals surface area contributed by atoms with Gasteiger partial charge in [0.05, 0.1) is 11.1 Å². The first-order chi connectivity index (χ1) is 21.0. The lowest BCUT2D eigenvalue weighted by molar-refractivity contribution is -0.143. The van der Waals surface area contributed by atoms with Gasteiger partial charge in [-0.25, -0.2) is 0 Å². The average molecular weight is 725 g/mol. The number of nitrogens with zero attached hydrogens (tertiary/aromatic N) is 4. The lowest BCUT2D eigenvalue weighted by Crippen LogP contribution is -2.57. The highest BCUT2D eigenvalue weighted by atomic mass is 35.5. The lowest BCUT2D eigenvalue weighted by atomic mass is 9.98. The standard InChI is InChI=1S/C32H31F6N5O.3ClH/c33-31(34,35)24-14-22(15-25(17-24)32(36,37)38)30(44)43-13-12-42(11-10-41-9-7-28-21(19-41)4-3-8-39-28)20-26(43)16-23-18-40-29-6-2-1-5-27(23)29;;;/h1-6,8,14-15,17-18,26,40H,7,9-13,16,19-20H2;3*1H/t26-;;;/m1.../s1. The van der Waals surface area contributed by atoms with Gasteiger partial charge in [0.2, 0.25) is 0 Å². The van der Waals surface area contributed by atoms with Gasteiger partial charge in [-0.15, -0.1) is 37.2 Å². The average Bonchev–Trinajstić information content (AvgIpc) is 3.41. The van der Waals surface area contributed by atoms with E-state index in [0.29, 0.717) is 38.2 Å². The second-order valence-corrected chi connectivity index (χ2v) is 11.4. The number of benzene rings is 2. The van der Waals surface area contributed by atoms with Crippen LogP contribution in [0.5, 0.6) is 0 Å². The van der Waals surface area contributed by atoms with E-state index in [1.807, 2.05) is 36.5 Å². The van der Waals surface area contributed by atoms with E-state index in [0.717, 1.165) is 48.2 Å². The molecule has 0 bridgehead atoms. The highest BCUT2D eigenvalue weighted by Gasteiger charge is 2.39. The Kier molecular flexibility index (Phi) is 12.6. The number of rotatable bonds is 6. The number of aromatic nitrogens is 2. The van der Waals surface area contributed by atoms with Crippen LogP contribution in [0.2, 0.25) is 0 Å². The van der Waals surface area contributed by atoms with Gasteiger partial charge in [-0.2, -0.15) is 26.3 Å². The van der Waals surface area contributed by atoms with Crippen LogP contribution >= 0.6 is 37.2 Å². The predicted octanol–water partition coefficient (Wildman–Crippen LogP) is 7.29. The molecular formula is C32H34Cl3F6N5O. The van der Waals surface area contributed by atoms with Gasteiger partial charge in [-0.05, 0) is 47.9 Å². The summed E-state index contributed by atoms with van der Waals surface area (Å²) in [5, 5.41) is 0.955. The predicted molar refractivity (Wildman–Crippen MR) is 175 cm³/mol. The van der Waals surface area contributed by atoms with Crippen LogP contribution in [0.4, 0.5) is 26.3 Å². The number of fused-ring (bicyclic) bond motifs is 2. The van der Waals surface area contributed by atoms with Crippen LogP contribution in [-0.4, -0.2) is 75.9 Å². The number of carbonyl (C=O) groups excluding carboxylic acids is 1. The zero-order valence-corrected chi connectivity index (χ0v) is 27.4. The van der Waals surface area contributed by atoms with Crippen molar-refractivity contribution >= 4 is 54.0 Å². The van der Waals surface area contributed by atoms with Crippen LogP contribution in [0.25, 0.3) is 10.9 Å². The molecule has 1 amide bonds. The second-order valence-electron chi connectivity index (χ2n) is 11.4.